The van der Waals surface area contributed by atoms with Gasteiger partial charge in [-0.25, -0.2) is 0 Å². The van der Waals surface area contributed by atoms with E-state index < -0.39 is 5.91 Å². The van der Waals surface area contributed by atoms with Crippen LogP contribution < -0.4 is 10.7 Å². The highest BCUT2D eigenvalue weighted by atomic mass is 35.5. The third-order valence-electron chi connectivity index (χ3n) is 9.45. The van der Waals surface area contributed by atoms with Crippen molar-refractivity contribution in [2.45, 2.75) is 83.2 Å². The zero-order valence-corrected chi connectivity index (χ0v) is 27.2. The monoisotopic (exact) mass is 636 g/mol. The van der Waals surface area contributed by atoms with E-state index in [2.05, 4.69) is 35.7 Å². The molecule has 0 spiro atoms. The van der Waals surface area contributed by atoms with Crippen LogP contribution in [0.1, 0.15) is 90.6 Å². The normalized spacial score (nSPS) is 17.6. The van der Waals surface area contributed by atoms with Gasteiger partial charge in [-0.05, 0) is 104 Å². The average molecular weight is 637 g/mol. The molecule has 2 heterocycles. The summed E-state index contributed by atoms with van der Waals surface area (Å²) in [5.74, 6) is 0.285. The molecule has 46 heavy (non-hydrogen) atoms. The first kappa shape index (κ1) is 31.8. The van der Waals surface area contributed by atoms with E-state index in [1.807, 2.05) is 48.2 Å². The Hall–Kier alpha value is -4.16. The fourth-order valence-corrected chi connectivity index (χ4v) is 6.99. The number of nitrogens with zero attached hydrogens (tertiary/aromatic N) is 1. The zero-order valence-electron chi connectivity index (χ0n) is 26.4. The van der Waals surface area contributed by atoms with Gasteiger partial charge in [-0.15, -0.1) is 0 Å². The standard InChI is InChI=1S/C39H41ClN2O4/c1-2-26-14-19-36-34(23-26)35(43)24-37(46-36)39(45)41-32(22-28-12-17-31(40)18-13-28)21-27-10-15-29(16-11-27)33-8-4-3-7-30(33)25-42-20-6-5-9-38(42)44/h3-4,7-8,12-14,17-19,21,23-24,29,32H,2,5-6,9-11,15-16,20,22,25H2,1H3,(H,41,45). The summed E-state index contributed by atoms with van der Waals surface area (Å²) in [7, 11) is 0. The van der Waals surface area contributed by atoms with Gasteiger partial charge >= 0.3 is 0 Å². The molecule has 7 heteroatoms. The summed E-state index contributed by atoms with van der Waals surface area (Å²) in [6, 6.07) is 22.8. The molecule has 1 atom stereocenters. The lowest BCUT2D eigenvalue weighted by Crippen LogP contribution is -2.36. The Labute approximate surface area is 275 Å². The lowest BCUT2D eigenvalue weighted by molar-refractivity contribution is -0.133. The van der Waals surface area contributed by atoms with Crippen LogP contribution in [0.2, 0.25) is 5.02 Å². The van der Waals surface area contributed by atoms with E-state index in [0.717, 1.165) is 62.6 Å². The molecule has 1 unspecified atom stereocenters. The van der Waals surface area contributed by atoms with E-state index in [1.54, 1.807) is 6.07 Å². The van der Waals surface area contributed by atoms with Gasteiger partial charge in [0.25, 0.3) is 5.91 Å². The predicted molar refractivity (Wildman–Crippen MR) is 183 cm³/mol. The van der Waals surface area contributed by atoms with Crippen molar-refractivity contribution in [3.05, 3.63) is 128 Å². The molecule has 2 amide bonds. The summed E-state index contributed by atoms with van der Waals surface area (Å²) in [5, 5.41) is 4.29. The number of allylic oxidation sites excluding steroid dienone is 1. The molecule has 1 saturated heterocycles. The maximum Gasteiger partial charge on any atom is 0.287 e. The quantitative estimate of drug-likeness (QED) is 0.188. The van der Waals surface area contributed by atoms with Crippen LogP contribution in [0.5, 0.6) is 0 Å². The summed E-state index contributed by atoms with van der Waals surface area (Å²) in [6.45, 7) is 3.56. The van der Waals surface area contributed by atoms with Gasteiger partial charge < -0.3 is 14.6 Å². The lowest BCUT2D eigenvalue weighted by Gasteiger charge is -2.31. The van der Waals surface area contributed by atoms with Gasteiger partial charge in [-0.2, -0.15) is 0 Å². The molecule has 238 valence electrons. The number of hydrogen-bond donors (Lipinski definition) is 1. The van der Waals surface area contributed by atoms with Crippen LogP contribution >= 0.6 is 11.6 Å². The Morgan fingerprint density at radius 1 is 0.978 bits per heavy atom. The molecule has 1 aliphatic heterocycles. The second-order valence-corrected chi connectivity index (χ2v) is 13.1. The third kappa shape index (κ3) is 7.61. The van der Waals surface area contributed by atoms with E-state index in [-0.39, 0.29) is 23.1 Å². The third-order valence-corrected chi connectivity index (χ3v) is 9.70. The highest BCUT2D eigenvalue weighted by molar-refractivity contribution is 6.30. The summed E-state index contributed by atoms with van der Waals surface area (Å²) in [4.78, 5) is 40.9. The number of fused-ring (bicyclic) bond motifs is 1. The number of carbonyl (C=O) groups excluding carboxylic acids is 2. The van der Waals surface area contributed by atoms with E-state index >= 15 is 0 Å². The van der Waals surface area contributed by atoms with Crippen molar-refractivity contribution in [2.24, 2.45) is 0 Å². The van der Waals surface area contributed by atoms with Crippen molar-refractivity contribution in [3.8, 4) is 0 Å². The average Bonchev–Trinajstić information content (AvgIpc) is 3.07. The molecule has 1 aliphatic carbocycles. The van der Waals surface area contributed by atoms with Crippen molar-refractivity contribution >= 4 is 34.4 Å². The van der Waals surface area contributed by atoms with Crippen LogP contribution in [-0.4, -0.2) is 29.3 Å². The largest absolute Gasteiger partial charge is 0.451 e. The molecule has 4 aromatic rings. The number of halogens is 1. The fourth-order valence-electron chi connectivity index (χ4n) is 6.86. The van der Waals surface area contributed by atoms with Crippen LogP contribution in [0, 0.1) is 0 Å². The summed E-state index contributed by atoms with van der Waals surface area (Å²) >= 11 is 6.14. The van der Waals surface area contributed by atoms with Crippen LogP contribution in [0.4, 0.5) is 0 Å². The fraction of sp³-hybridized carbons (Fsp3) is 0.359. The summed E-state index contributed by atoms with van der Waals surface area (Å²) in [5.41, 5.74) is 6.19. The molecule has 2 aliphatic rings. The number of likely N-dealkylation sites (tertiary alicyclic amines) is 1. The predicted octanol–water partition coefficient (Wildman–Crippen LogP) is 8.15. The number of hydrogen-bond acceptors (Lipinski definition) is 4. The van der Waals surface area contributed by atoms with Gasteiger partial charge in [0.15, 0.2) is 11.2 Å². The second kappa shape index (κ2) is 14.5. The molecule has 1 N–H and O–H groups in total. The highest BCUT2D eigenvalue weighted by Crippen LogP contribution is 2.37. The Balaban J connectivity index is 1.18. The molecular formula is C39H41ClN2O4. The molecule has 6 rings (SSSR count). The van der Waals surface area contributed by atoms with Gasteiger partial charge in [-0.3, -0.25) is 14.4 Å². The number of aryl methyl sites for hydroxylation is 1. The summed E-state index contributed by atoms with van der Waals surface area (Å²) < 4.78 is 5.92. The molecule has 6 nitrogen and oxygen atoms in total. The van der Waals surface area contributed by atoms with E-state index in [0.29, 0.717) is 41.3 Å². The van der Waals surface area contributed by atoms with E-state index in [1.165, 1.54) is 22.8 Å². The van der Waals surface area contributed by atoms with Crippen molar-refractivity contribution in [3.63, 3.8) is 0 Å². The Bertz CT molecular complexity index is 1800. The number of amides is 2. The van der Waals surface area contributed by atoms with E-state index in [4.69, 9.17) is 16.0 Å². The SMILES string of the molecule is CCc1ccc2oc(C(=O)NC(C=C3CCC(c4ccccc4CN4CCCCC4=O)CC3)Cc3ccc(Cl)cc3)cc(=O)c2c1. The molecule has 0 radical (unpaired) electrons. The Morgan fingerprint density at radius 3 is 2.50 bits per heavy atom. The van der Waals surface area contributed by atoms with Gasteiger partial charge in [0.1, 0.15) is 5.58 Å². The maximum atomic E-state index is 13.5. The molecule has 2 fully saturated rings. The Morgan fingerprint density at radius 2 is 1.74 bits per heavy atom. The smallest absolute Gasteiger partial charge is 0.287 e. The molecule has 0 bridgehead atoms. The van der Waals surface area contributed by atoms with Crippen molar-refractivity contribution in [1.29, 1.82) is 0 Å². The number of carbonyl (C=O) groups is 2. The van der Waals surface area contributed by atoms with Crippen molar-refractivity contribution in [2.75, 3.05) is 6.54 Å². The van der Waals surface area contributed by atoms with Crippen molar-refractivity contribution in [1.82, 2.24) is 10.2 Å². The molecular weight excluding hydrogens is 596 g/mol. The minimum Gasteiger partial charge on any atom is -0.451 e. The topological polar surface area (TPSA) is 79.6 Å². The van der Waals surface area contributed by atoms with Gasteiger partial charge in [0, 0.05) is 30.6 Å². The van der Waals surface area contributed by atoms with Gasteiger partial charge in [0.05, 0.1) is 11.4 Å². The summed E-state index contributed by atoms with van der Waals surface area (Å²) in [6.07, 6.45) is 10.2. The molecule has 1 aromatic heterocycles. The number of benzene rings is 3. The minimum atomic E-state index is -0.413. The first-order valence-electron chi connectivity index (χ1n) is 16.5. The minimum absolute atomic E-state index is 0.00811. The van der Waals surface area contributed by atoms with Gasteiger partial charge in [-0.1, -0.05) is 72.6 Å². The first-order valence-corrected chi connectivity index (χ1v) is 16.9. The second-order valence-electron chi connectivity index (χ2n) is 12.6. The number of rotatable bonds is 9. The van der Waals surface area contributed by atoms with E-state index in [9.17, 15) is 14.4 Å². The van der Waals surface area contributed by atoms with Crippen LogP contribution in [0.25, 0.3) is 11.0 Å². The zero-order chi connectivity index (χ0) is 32.0. The Kier molecular flexibility index (Phi) is 10.0. The number of piperidine rings is 1. The molecule has 3 aromatic carbocycles. The number of nitrogens with one attached hydrogen (secondary N) is 1. The molecule has 1 saturated carbocycles. The van der Waals surface area contributed by atoms with Gasteiger partial charge in [0.2, 0.25) is 5.91 Å². The first-order chi connectivity index (χ1) is 22.4. The van der Waals surface area contributed by atoms with Crippen LogP contribution in [0.15, 0.2) is 93.7 Å². The van der Waals surface area contributed by atoms with Crippen molar-refractivity contribution < 1.29 is 14.0 Å². The van der Waals surface area contributed by atoms with Crippen LogP contribution in [0.3, 0.4) is 0 Å². The highest BCUT2D eigenvalue weighted by Gasteiger charge is 2.25. The van der Waals surface area contributed by atoms with Crippen LogP contribution in [-0.2, 0) is 24.2 Å². The maximum absolute atomic E-state index is 13.5. The lowest BCUT2D eigenvalue weighted by atomic mass is 9.79.